The van der Waals surface area contributed by atoms with Crippen molar-refractivity contribution in [2.75, 3.05) is 6.44 Å². The van der Waals surface area contributed by atoms with Crippen LogP contribution in [0.2, 0.25) is 0 Å². The third-order valence-corrected chi connectivity index (χ3v) is 3.94. The Morgan fingerprint density at radius 3 is 1.67 bits per heavy atom. The molecule has 1 N–H and O–H groups in total. The molecule has 1 unspecified atom stereocenters. The first-order chi connectivity index (χ1) is 8.68. The number of unbranched alkanes of at least 4 members (excludes halogenated alkanes) is 7. The van der Waals surface area contributed by atoms with E-state index in [0.717, 1.165) is 0 Å². The van der Waals surface area contributed by atoms with Gasteiger partial charge in [0, 0.05) is 5.54 Å². The van der Waals surface area contributed by atoms with Crippen LogP contribution in [0.25, 0.3) is 0 Å². The standard InChI is InChI=1S/C16H34BN/c1-4-6-8-10-12-14-16(3,18-15-17)13-11-9-7-5-2/h18H,4-15H2,1-3H3. The second kappa shape index (κ2) is 12.1. The Morgan fingerprint density at radius 2 is 1.22 bits per heavy atom. The Morgan fingerprint density at radius 1 is 0.778 bits per heavy atom. The van der Waals surface area contributed by atoms with Gasteiger partial charge in [-0.25, -0.2) is 0 Å². The molecule has 0 spiro atoms. The number of nitrogens with one attached hydrogen (secondary N) is 1. The molecule has 18 heavy (non-hydrogen) atoms. The van der Waals surface area contributed by atoms with Crippen LogP contribution in [-0.4, -0.2) is 19.8 Å². The lowest BCUT2D eigenvalue weighted by Gasteiger charge is -2.31. The fourth-order valence-corrected chi connectivity index (χ4v) is 2.61. The second-order valence-corrected chi connectivity index (χ2v) is 5.92. The van der Waals surface area contributed by atoms with E-state index in [1.165, 1.54) is 70.6 Å². The van der Waals surface area contributed by atoms with Gasteiger partial charge in [-0.3, -0.25) is 0 Å². The van der Waals surface area contributed by atoms with E-state index in [9.17, 15) is 0 Å². The molecule has 2 heteroatoms. The molecule has 0 aliphatic carbocycles. The van der Waals surface area contributed by atoms with Gasteiger partial charge in [-0.2, -0.15) is 0 Å². The molecule has 0 saturated heterocycles. The highest BCUT2D eigenvalue weighted by Crippen LogP contribution is 2.22. The molecule has 0 bridgehead atoms. The minimum Gasteiger partial charge on any atom is -0.320 e. The number of rotatable bonds is 13. The van der Waals surface area contributed by atoms with Crippen molar-refractivity contribution in [2.45, 2.75) is 96.9 Å². The van der Waals surface area contributed by atoms with E-state index < -0.39 is 0 Å². The molecular formula is C16H34BN. The van der Waals surface area contributed by atoms with Crippen LogP contribution in [-0.2, 0) is 0 Å². The molecule has 0 fully saturated rings. The lowest BCUT2D eigenvalue weighted by Crippen LogP contribution is -2.43. The highest BCUT2D eigenvalue weighted by atomic mass is 14.9. The molecule has 0 aromatic rings. The summed E-state index contributed by atoms with van der Waals surface area (Å²) in [4.78, 5) is 0. The van der Waals surface area contributed by atoms with Crippen molar-refractivity contribution in [1.82, 2.24) is 5.32 Å². The summed E-state index contributed by atoms with van der Waals surface area (Å²) in [6, 6.07) is 0. The van der Waals surface area contributed by atoms with E-state index in [1.807, 2.05) is 0 Å². The van der Waals surface area contributed by atoms with Gasteiger partial charge in [-0.05, 0) is 26.2 Å². The van der Waals surface area contributed by atoms with Gasteiger partial charge in [0.05, 0.1) is 7.85 Å². The van der Waals surface area contributed by atoms with Crippen molar-refractivity contribution < 1.29 is 0 Å². The molecule has 0 rings (SSSR count). The van der Waals surface area contributed by atoms with Crippen LogP contribution in [0.1, 0.15) is 91.4 Å². The van der Waals surface area contributed by atoms with Crippen LogP contribution >= 0.6 is 0 Å². The Kier molecular flexibility index (Phi) is 12.1. The quantitative estimate of drug-likeness (QED) is 0.366. The third-order valence-electron chi connectivity index (χ3n) is 3.94. The molecule has 0 aromatic heterocycles. The van der Waals surface area contributed by atoms with Crippen LogP contribution in [0, 0.1) is 0 Å². The van der Waals surface area contributed by atoms with E-state index in [1.54, 1.807) is 0 Å². The van der Waals surface area contributed by atoms with Crippen LogP contribution < -0.4 is 5.32 Å². The molecule has 0 amide bonds. The van der Waals surface area contributed by atoms with Crippen molar-refractivity contribution in [3.05, 3.63) is 0 Å². The first-order valence-corrected chi connectivity index (χ1v) is 8.13. The highest BCUT2D eigenvalue weighted by molar-refractivity contribution is 6.08. The molecule has 0 saturated carbocycles. The summed E-state index contributed by atoms with van der Waals surface area (Å²) in [7, 11) is 5.69. The first-order valence-electron chi connectivity index (χ1n) is 8.13. The van der Waals surface area contributed by atoms with Crippen LogP contribution in [0.5, 0.6) is 0 Å². The first kappa shape index (κ1) is 18.0. The SMILES string of the molecule is [B]CNC(C)(CCCCCC)CCCCCCC. The zero-order valence-electron chi connectivity index (χ0n) is 13.1. The van der Waals surface area contributed by atoms with Gasteiger partial charge < -0.3 is 5.32 Å². The van der Waals surface area contributed by atoms with Gasteiger partial charge in [0.1, 0.15) is 0 Å². The average molecular weight is 251 g/mol. The summed E-state index contributed by atoms with van der Waals surface area (Å²) >= 11 is 0. The fourth-order valence-electron chi connectivity index (χ4n) is 2.61. The van der Waals surface area contributed by atoms with Gasteiger partial charge in [0.2, 0.25) is 0 Å². The van der Waals surface area contributed by atoms with Crippen LogP contribution in [0.15, 0.2) is 0 Å². The lowest BCUT2D eigenvalue weighted by molar-refractivity contribution is 0.302. The topological polar surface area (TPSA) is 12.0 Å². The average Bonchev–Trinajstić information content (AvgIpc) is 2.35. The van der Waals surface area contributed by atoms with Gasteiger partial charge in [0.15, 0.2) is 0 Å². The molecule has 0 aliphatic heterocycles. The van der Waals surface area contributed by atoms with E-state index in [4.69, 9.17) is 7.85 Å². The van der Waals surface area contributed by atoms with E-state index in [0.29, 0.717) is 6.44 Å². The Balaban J connectivity index is 3.78. The summed E-state index contributed by atoms with van der Waals surface area (Å²) in [5.74, 6) is 0. The normalized spacial score (nSPS) is 14.6. The molecule has 1 atom stereocenters. The predicted molar refractivity (Wildman–Crippen MR) is 84.3 cm³/mol. The molecule has 2 radical (unpaired) electrons. The van der Waals surface area contributed by atoms with Gasteiger partial charge in [-0.15, -0.1) is 0 Å². The summed E-state index contributed by atoms with van der Waals surface area (Å²) in [5, 5.41) is 3.50. The Bertz CT molecular complexity index is 172. The smallest absolute Gasteiger partial charge is 0.0859 e. The molecule has 1 nitrogen and oxygen atoms in total. The van der Waals surface area contributed by atoms with Crippen molar-refractivity contribution in [2.24, 2.45) is 0 Å². The van der Waals surface area contributed by atoms with Crippen molar-refractivity contribution in [3.8, 4) is 0 Å². The lowest BCUT2D eigenvalue weighted by atomic mass is 9.87. The molecular weight excluding hydrogens is 217 g/mol. The van der Waals surface area contributed by atoms with Gasteiger partial charge >= 0.3 is 0 Å². The van der Waals surface area contributed by atoms with Gasteiger partial charge in [0.25, 0.3) is 0 Å². The molecule has 106 valence electrons. The van der Waals surface area contributed by atoms with Crippen molar-refractivity contribution >= 4 is 7.85 Å². The maximum absolute atomic E-state index is 5.69. The largest absolute Gasteiger partial charge is 0.320 e. The number of hydrogen-bond donors (Lipinski definition) is 1. The minimum absolute atomic E-state index is 0.273. The van der Waals surface area contributed by atoms with E-state index in [2.05, 4.69) is 26.1 Å². The summed E-state index contributed by atoms with van der Waals surface area (Å²) in [6.45, 7) is 6.89. The Hall–Kier alpha value is 0.0249. The summed E-state index contributed by atoms with van der Waals surface area (Å²) < 4.78 is 0. The molecule has 0 aliphatic rings. The maximum atomic E-state index is 5.69. The van der Waals surface area contributed by atoms with E-state index >= 15 is 0 Å². The van der Waals surface area contributed by atoms with Crippen LogP contribution in [0.4, 0.5) is 0 Å². The molecule has 0 aromatic carbocycles. The van der Waals surface area contributed by atoms with Crippen molar-refractivity contribution in [3.63, 3.8) is 0 Å². The van der Waals surface area contributed by atoms with Crippen LogP contribution in [0.3, 0.4) is 0 Å². The zero-order valence-corrected chi connectivity index (χ0v) is 13.1. The monoisotopic (exact) mass is 251 g/mol. The van der Waals surface area contributed by atoms with Gasteiger partial charge in [-0.1, -0.05) is 71.6 Å². The maximum Gasteiger partial charge on any atom is 0.0859 e. The van der Waals surface area contributed by atoms with E-state index in [-0.39, 0.29) is 5.54 Å². The fraction of sp³-hybridized carbons (Fsp3) is 1.00. The van der Waals surface area contributed by atoms with Crippen molar-refractivity contribution in [1.29, 1.82) is 0 Å². The Labute approximate surface area is 117 Å². The second-order valence-electron chi connectivity index (χ2n) is 5.92. The number of hydrogen-bond acceptors (Lipinski definition) is 1. The predicted octanol–water partition coefficient (Wildman–Crippen LogP) is 4.79. The molecule has 0 heterocycles. The highest BCUT2D eigenvalue weighted by Gasteiger charge is 2.21. The third kappa shape index (κ3) is 9.99. The minimum atomic E-state index is 0.273. The summed E-state index contributed by atoms with van der Waals surface area (Å²) in [6.07, 6.45) is 15.4. The summed E-state index contributed by atoms with van der Waals surface area (Å²) in [5.41, 5.74) is 0.273. The zero-order chi connectivity index (χ0) is 13.7.